The first-order chi connectivity index (χ1) is 14.1. The molecule has 3 fully saturated rings. The van der Waals surface area contributed by atoms with E-state index in [4.69, 9.17) is 0 Å². The lowest BCUT2D eigenvalue weighted by atomic mass is 9.46. The predicted octanol–water partition coefficient (Wildman–Crippen LogP) is 5.46. The van der Waals surface area contributed by atoms with Crippen LogP contribution in [0.15, 0.2) is 23.8 Å². The summed E-state index contributed by atoms with van der Waals surface area (Å²) >= 11 is 0. The Kier molecular flexibility index (Phi) is 5.85. The predicted molar refractivity (Wildman–Crippen MR) is 121 cm³/mol. The Morgan fingerprint density at radius 2 is 1.93 bits per heavy atom. The Hall–Kier alpha value is -0.930. The van der Waals surface area contributed by atoms with Gasteiger partial charge in [-0.25, -0.2) is 0 Å². The van der Waals surface area contributed by atoms with Crippen LogP contribution in [0.1, 0.15) is 85.5 Å². The SMILES string of the molecule is C=C(C)C(O)CC[C@@H](C)C1CCC2C3CC(O)C4=CC(=O)CCC4(C)C3CCC21C. The van der Waals surface area contributed by atoms with E-state index in [-0.39, 0.29) is 17.3 Å². The van der Waals surface area contributed by atoms with Gasteiger partial charge in [-0.15, -0.1) is 0 Å². The molecule has 0 aromatic heterocycles. The fourth-order valence-electron chi connectivity index (χ4n) is 8.45. The lowest BCUT2D eigenvalue weighted by Crippen LogP contribution is -2.54. The maximum atomic E-state index is 12.1. The molecule has 0 aromatic rings. The summed E-state index contributed by atoms with van der Waals surface area (Å²) in [6.45, 7) is 13.1. The summed E-state index contributed by atoms with van der Waals surface area (Å²) in [5.41, 5.74) is 2.27. The Labute approximate surface area is 183 Å². The molecule has 0 heterocycles. The quantitative estimate of drug-likeness (QED) is 0.587. The van der Waals surface area contributed by atoms with E-state index in [0.717, 1.165) is 36.8 Å². The van der Waals surface area contributed by atoms with Gasteiger partial charge in [0.05, 0.1) is 12.2 Å². The lowest BCUT2D eigenvalue weighted by Gasteiger charge is -2.59. The van der Waals surface area contributed by atoms with E-state index in [1.54, 1.807) is 6.08 Å². The van der Waals surface area contributed by atoms with Crippen molar-refractivity contribution in [3.63, 3.8) is 0 Å². The Bertz CT molecular complexity index is 738. The smallest absolute Gasteiger partial charge is 0.155 e. The van der Waals surface area contributed by atoms with Crippen molar-refractivity contribution < 1.29 is 15.0 Å². The van der Waals surface area contributed by atoms with Crippen LogP contribution in [0.3, 0.4) is 0 Å². The zero-order valence-corrected chi connectivity index (χ0v) is 19.5. The van der Waals surface area contributed by atoms with Gasteiger partial charge in [-0.2, -0.15) is 0 Å². The molecular formula is C27H42O3. The van der Waals surface area contributed by atoms with Gasteiger partial charge in [0, 0.05) is 6.42 Å². The van der Waals surface area contributed by atoms with E-state index in [0.29, 0.717) is 41.4 Å². The standard InChI is InChI=1S/C27H42O3/c1-16(2)24(29)9-6-17(3)20-7-8-21-19-15-25(30)23-14-18(28)10-12-27(23,5)22(19)11-13-26(20,21)4/h14,17,19-22,24-25,29-30H,1,6-13,15H2,2-5H3/t17-,19?,20?,21?,22?,24?,25?,26?,27?/m1/s1. The molecule has 168 valence electrons. The molecule has 4 aliphatic rings. The molecule has 4 aliphatic carbocycles. The van der Waals surface area contributed by atoms with E-state index in [1.807, 2.05) is 6.92 Å². The summed E-state index contributed by atoms with van der Waals surface area (Å²) in [5.74, 6) is 3.38. The van der Waals surface area contributed by atoms with E-state index in [9.17, 15) is 15.0 Å². The van der Waals surface area contributed by atoms with Gasteiger partial charge in [-0.05, 0) is 110 Å². The third kappa shape index (κ3) is 3.45. The van der Waals surface area contributed by atoms with Crippen LogP contribution < -0.4 is 0 Å². The average molecular weight is 415 g/mol. The van der Waals surface area contributed by atoms with Gasteiger partial charge in [0.25, 0.3) is 0 Å². The molecule has 0 spiro atoms. The fourth-order valence-corrected chi connectivity index (χ4v) is 8.45. The highest BCUT2D eigenvalue weighted by Crippen LogP contribution is 2.67. The van der Waals surface area contributed by atoms with Crippen molar-refractivity contribution in [1.29, 1.82) is 0 Å². The van der Waals surface area contributed by atoms with Crippen LogP contribution in [-0.4, -0.2) is 28.2 Å². The van der Waals surface area contributed by atoms with E-state index in [2.05, 4.69) is 27.4 Å². The molecular weight excluding hydrogens is 372 g/mol. The van der Waals surface area contributed by atoms with Crippen molar-refractivity contribution >= 4 is 5.78 Å². The molecule has 3 saturated carbocycles. The molecule has 8 unspecified atom stereocenters. The third-order valence-corrected chi connectivity index (χ3v) is 10.2. The average Bonchev–Trinajstić information content (AvgIpc) is 3.04. The summed E-state index contributed by atoms with van der Waals surface area (Å²) < 4.78 is 0. The lowest BCUT2D eigenvalue weighted by molar-refractivity contribution is -0.119. The van der Waals surface area contributed by atoms with Gasteiger partial charge < -0.3 is 10.2 Å². The Morgan fingerprint density at radius 3 is 2.63 bits per heavy atom. The van der Waals surface area contributed by atoms with Crippen molar-refractivity contribution in [3.8, 4) is 0 Å². The Morgan fingerprint density at radius 1 is 1.20 bits per heavy atom. The minimum Gasteiger partial charge on any atom is -0.389 e. The summed E-state index contributed by atoms with van der Waals surface area (Å²) in [6, 6.07) is 0. The summed E-state index contributed by atoms with van der Waals surface area (Å²) in [5, 5.41) is 21.2. The summed E-state index contributed by atoms with van der Waals surface area (Å²) in [6.07, 6.45) is 10.3. The first-order valence-corrected chi connectivity index (χ1v) is 12.3. The number of ketones is 1. The van der Waals surface area contributed by atoms with Gasteiger partial charge in [-0.1, -0.05) is 32.9 Å². The normalized spacial score (nSPS) is 45.1. The molecule has 9 atom stereocenters. The Balaban J connectivity index is 1.53. The van der Waals surface area contributed by atoms with Crippen molar-refractivity contribution in [3.05, 3.63) is 23.8 Å². The van der Waals surface area contributed by atoms with Gasteiger partial charge in [0.2, 0.25) is 0 Å². The van der Waals surface area contributed by atoms with Crippen molar-refractivity contribution in [1.82, 2.24) is 0 Å². The van der Waals surface area contributed by atoms with Gasteiger partial charge in [0.1, 0.15) is 0 Å². The first kappa shape index (κ1) is 22.3. The molecule has 0 saturated heterocycles. The molecule has 30 heavy (non-hydrogen) atoms. The molecule has 2 N–H and O–H groups in total. The maximum Gasteiger partial charge on any atom is 0.155 e. The first-order valence-electron chi connectivity index (χ1n) is 12.3. The number of aliphatic hydroxyl groups is 2. The second-order valence-corrected chi connectivity index (χ2v) is 11.8. The van der Waals surface area contributed by atoms with Gasteiger partial charge in [-0.3, -0.25) is 4.79 Å². The zero-order chi connectivity index (χ0) is 21.8. The second kappa shape index (κ2) is 7.89. The number of fused-ring (bicyclic) bond motifs is 5. The van der Waals surface area contributed by atoms with E-state index in [1.165, 1.54) is 25.7 Å². The molecule has 0 amide bonds. The molecule has 4 rings (SSSR count). The summed E-state index contributed by atoms with van der Waals surface area (Å²) in [4.78, 5) is 12.1. The number of hydrogen-bond donors (Lipinski definition) is 2. The summed E-state index contributed by atoms with van der Waals surface area (Å²) in [7, 11) is 0. The highest BCUT2D eigenvalue weighted by molar-refractivity contribution is 5.91. The third-order valence-electron chi connectivity index (χ3n) is 10.2. The number of carbonyl (C=O) groups excluding carboxylic acids is 1. The van der Waals surface area contributed by atoms with Crippen LogP contribution in [0.25, 0.3) is 0 Å². The highest BCUT2D eigenvalue weighted by Gasteiger charge is 2.60. The molecule has 3 heteroatoms. The fraction of sp³-hybridized carbons (Fsp3) is 0.815. The van der Waals surface area contributed by atoms with E-state index < -0.39 is 6.10 Å². The van der Waals surface area contributed by atoms with Crippen LogP contribution in [0.4, 0.5) is 0 Å². The van der Waals surface area contributed by atoms with Crippen LogP contribution in [0, 0.1) is 40.4 Å². The van der Waals surface area contributed by atoms with Crippen LogP contribution in [0.5, 0.6) is 0 Å². The molecule has 0 bridgehead atoms. The minimum atomic E-state index is -0.440. The highest BCUT2D eigenvalue weighted by atomic mass is 16.3. The number of aliphatic hydroxyl groups excluding tert-OH is 2. The van der Waals surface area contributed by atoms with Crippen molar-refractivity contribution in [2.75, 3.05) is 0 Å². The van der Waals surface area contributed by atoms with Crippen LogP contribution in [-0.2, 0) is 4.79 Å². The monoisotopic (exact) mass is 414 g/mol. The maximum absolute atomic E-state index is 12.1. The van der Waals surface area contributed by atoms with Crippen molar-refractivity contribution in [2.45, 2.75) is 97.7 Å². The van der Waals surface area contributed by atoms with Crippen LogP contribution >= 0.6 is 0 Å². The molecule has 3 nitrogen and oxygen atoms in total. The van der Waals surface area contributed by atoms with Crippen LogP contribution in [0.2, 0.25) is 0 Å². The molecule has 0 aliphatic heterocycles. The largest absolute Gasteiger partial charge is 0.389 e. The second-order valence-electron chi connectivity index (χ2n) is 11.8. The number of carbonyl (C=O) groups is 1. The number of rotatable bonds is 5. The van der Waals surface area contributed by atoms with Gasteiger partial charge >= 0.3 is 0 Å². The molecule has 0 aromatic carbocycles. The number of hydrogen-bond acceptors (Lipinski definition) is 3. The minimum absolute atomic E-state index is 0.00682. The van der Waals surface area contributed by atoms with E-state index >= 15 is 0 Å². The van der Waals surface area contributed by atoms with Crippen molar-refractivity contribution in [2.24, 2.45) is 40.4 Å². The molecule has 0 radical (unpaired) electrons. The van der Waals surface area contributed by atoms with Gasteiger partial charge in [0.15, 0.2) is 5.78 Å². The topological polar surface area (TPSA) is 57.5 Å². The zero-order valence-electron chi connectivity index (χ0n) is 19.5.